The highest BCUT2D eigenvalue weighted by Gasteiger charge is 2.16. The van der Waals surface area contributed by atoms with Crippen molar-refractivity contribution >= 4 is 28.7 Å². The first-order valence-corrected chi connectivity index (χ1v) is 8.25. The molecule has 0 unspecified atom stereocenters. The van der Waals surface area contributed by atoms with Crippen molar-refractivity contribution in [2.24, 2.45) is 0 Å². The van der Waals surface area contributed by atoms with Crippen LogP contribution in [0.15, 0.2) is 53.9 Å². The average Bonchev–Trinajstić information content (AvgIpc) is 3.20. The van der Waals surface area contributed by atoms with Crippen molar-refractivity contribution < 1.29 is 9.53 Å². The number of carbonyl (C=O) groups excluding carboxylic acids is 1. The van der Waals surface area contributed by atoms with Crippen molar-refractivity contribution in [3.8, 4) is 22.3 Å². The molecule has 0 aliphatic carbocycles. The maximum Gasteiger partial charge on any atom is 0.299 e. The van der Waals surface area contributed by atoms with Crippen LogP contribution in [0.4, 0.5) is 0 Å². The van der Waals surface area contributed by atoms with Gasteiger partial charge < -0.3 is 4.74 Å². The van der Waals surface area contributed by atoms with Crippen LogP contribution in [0.5, 0.6) is 5.88 Å². The van der Waals surface area contributed by atoms with Crippen molar-refractivity contribution in [3.63, 3.8) is 0 Å². The molecule has 0 saturated carbocycles. The highest BCUT2D eigenvalue weighted by molar-refractivity contribution is 7.12. The fourth-order valence-electron chi connectivity index (χ4n) is 2.63. The predicted octanol–water partition coefficient (Wildman–Crippen LogP) is 3.99. The van der Waals surface area contributed by atoms with E-state index in [-0.39, 0.29) is 5.88 Å². The third kappa shape index (κ3) is 2.47. The lowest BCUT2D eigenvalue weighted by Crippen LogP contribution is -1.97. The van der Waals surface area contributed by atoms with E-state index in [1.807, 2.05) is 37.3 Å². The van der Waals surface area contributed by atoms with Crippen LogP contribution in [0.3, 0.4) is 0 Å². The molecular formula is C18H13N3O2S. The Balaban J connectivity index is 1.94. The fraction of sp³-hybridized carbons (Fsp3) is 0.0556. The molecule has 0 bridgehead atoms. The molecule has 5 nitrogen and oxygen atoms in total. The van der Waals surface area contributed by atoms with Crippen molar-refractivity contribution in [1.82, 2.24) is 14.8 Å². The van der Waals surface area contributed by atoms with E-state index in [0.29, 0.717) is 11.6 Å². The van der Waals surface area contributed by atoms with Gasteiger partial charge in [-0.3, -0.25) is 4.79 Å². The summed E-state index contributed by atoms with van der Waals surface area (Å²) in [6, 6.07) is 16.3. The first-order chi connectivity index (χ1) is 11.8. The maximum atomic E-state index is 10.5. The summed E-state index contributed by atoms with van der Waals surface area (Å²) in [5.74, 6) is 0.280. The molecule has 24 heavy (non-hydrogen) atoms. The zero-order valence-corrected chi connectivity index (χ0v) is 13.7. The smallest absolute Gasteiger partial charge is 0.299 e. The van der Waals surface area contributed by atoms with Gasteiger partial charge in [-0.15, -0.1) is 0 Å². The topological polar surface area (TPSA) is 57.0 Å². The van der Waals surface area contributed by atoms with Crippen LogP contribution in [0.2, 0.25) is 0 Å². The first-order valence-electron chi connectivity index (χ1n) is 7.37. The number of rotatable bonds is 4. The molecule has 0 aliphatic heterocycles. The Hall–Kier alpha value is -2.99. The average molecular weight is 335 g/mol. The summed E-state index contributed by atoms with van der Waals surface area (Å²) in [7, 11) is 0. The van der Waals surface area contributed by atoms with Gasteiger partial charge in [-0.1, -0.05) is 53.8 Å². The molecule has 4 aromatic rings. The third-order valence-corrected chi connectivity index (χ3v) is 4.50. The molecule has 0 spiro atoms. The molecule has 0 atom stereocenters. The minimum atomic E-state index is 0.280. The molecule has 118 valence electrons. The zero-order chi connectivity index (χ0) is 16.5. The van der Waals surface area contributed by atoms with E-state index >= 15 is 0 Å². The van der Waals surface area contributed by atoms with E-state index < -0.39 is 0 Å². The summed E-state index contributed by atoms with van der Waals surface area (Å²) in [4.78, 5) is 14.8. The summed E-state index contributed by atoms with van der Waals surface area (Å²) >= 11 is 1.38. The molecule has 2 aromatic carbocycles. The second-order valence-electron chi connectivity index (χ2n) is 5.33. The van der Waals surface area contributed by atoms with Crippen LogP contribution in [0.25, 0.3) is 27.3 Å². The van der Waals surface area contributed by atoms with E-state index in [1.165, 1.54) is 11.3 Å². The Labute approximate surface area is 142 Å². The number of thiazole rings is 1. The molecule has 0 fully saturated rings. The lowest BCUT2D eigenvalue weighted by Gasteiger charge is -1.98. The molecule has 2 aromatic heterocycles. The van der Waals surface area contributed by atoms with Gasteiger partial charge in [-0.2, -0.15) is 10.1 Å². The normalized spacial score (nSPS) is 10.9. The van der Waals surface area contributed by atoms with Gasteiger partial charge >= 0.3 is 0 Å². The lowest BCUT2D eigenvalue weighted by atomic mass is 10.1. The summed E-state index contributed by atoms with van der Waals surface area (Å²) in [5.41, 5.74) is 4.06. The number of ether oxygens (including phenoxy) is 1. The van der Waals surface area contributed by atoms with Gasteiger partial charge in [0, 0.05) is 10.9 Å². The second kappa shape index (κ2) is 5.90. The highest BCUT2D eigenvalue weighted by atomic mass is 32.1. The molecule has 0 amide bonds. The highest BCUT2D eigenvalue weighted by Crippen LogP contribution is 2.31. The molecule has 0 N–H and O–H groups in total. The SMILES string of the molecule is Cc1ccc2c(-c3ccccc3)nn(-c3nc(OC=O)cs3)c2c1. The molecule has 6 heteroatoms. The summed E-state index contributed by atoms with van der Waals surface area (Å²) < 4.78 is 6.61. The summed E-state index contributed by atoms with van der Waals surface area (Å²) in [6.45, 7) is 2.42. The number of aromatic nitrogens is 3. The third-order valence-electron chi connectivity index (χ3n) is 3.70. The van der Waals surface area contributed by atoms with Gasteiger partial charge in [0.25, 0.3) is 6.47 Å². The molecular weight excluding hydrogens is 322 g/mol. The van der Waals surface area contributed by atoms with Crippen molar-refractivity contribution in [1.29, 1.82) is 0 Å². The first kappa shape index (κ1) is 14.6. The number of fused-ring (bicyclic) bond motifs is 1. The fourth-order valence-corrected chi connectivity index (χ4v) is 3.33. The number of hydrogen-bond acceptors (Lipinski definition) is 5. The number of carbonyl (C=O) groups is 1. The van der Waals surface area contributed by atoms with E-state index in [2.05, 4.69) is 23.2 Å². The van der Waals surface area contributed by atoms with E-state index in [4.69, 9.17) is 9.84 Å². The van der Waals surface area contributed by atoms with Gasteiger partial charge in [0.15, 0.2) is 0 Å². The predicted molar refractivity (Wildman–Crippen MR) is 93.6 cm³/mol. The lowest BCUT2D eigenvalue weighted by molar-refractivity contribution is -0.120. The zero-order valence-electron chi connectivity index (χ0n) is 12.8. The largest absolute Gasteiger partial charge is 0.409 e. The molecule has 0 radical (unpaired) electrons. The van der Waals surface area contributed by atoms with Gasteiger partial charge in [0.2, 0.25) is 11.0 Å². The van der Waals surface area contributed by atoms with E-state index in [0.717, 1.165) is 27.7 Å². The number of benzene rings is 2. The summed E-state index contributed by atoms with van der Waals surface area (Å²) in [6.07, 6.45) is 0. The van der Waals surface area contributed by atoms with Crippen LogP contribution in [0.1, 0.15) is 5.56 Å². The van der Waals surface area contributed by atoms with Gasteiger partial charge in [-0.05, 0) is 18.6 Å². The molecule has 2 heterocycles. The van der Waals surface area contributed by atoms with E-state index in [9.17, 15) is 4.79 Å². The van der Waals surface area contributed by atoms with Crippen LogP contribution in [0, 0.1) is 6.92 Å². The van der Waals surface area contributed by atoms with Gasteiger partial charge in [-0.25, -0.2) is 4.68 Å². The molecule has 0 saturated heterocycles. The monoisotopic (exact) mass is 335 g/mol. The second-order valence-corrected chi connectivity index (χ2v) is 6.17. The van der Waals surface area contributed by atoms with Crippen molar-refractivity contribution in [2.75, 3.05) is 0 Å². The van der Waals surface area contributed by atoms with E-state index in [1.54, 1.807) is 10.1 Å². The molecule has 0 aliphatic rings. The standard InChI is InChI=1S/C18H13N3O2S/c1-12-7-8-14-15(9-12)21(18-19-16(10-24-18)23-11-22)20-17(14)13-5-3-2-4-6-13/h2-11H,1H3. The Morgan fingerprint density at radius 2 is 2.00 bits per heavy atom. The van der Waals surface area contributed by atoms with Gasteiger partial charge in [0.05, 0.1) is 10.9 Å². The number of nitrogens with zero attached hydrogens (tertiary/aromatic N) is 3. The number of aryl methyl sites for hydroxylation is 1. The maximum absolute atomic E-state index is 10.5. The number of hydrogen-bond donors (Lipinski definition) is 0. The Morgan fingerprint density at radius 3 is 2.79 bits per heavy atom. The van der Waals surface area contributed by atoms with Gasteiger partial charge in [0.1, 0.15) is 5.69 Å². The molecule has 4 rings (SSSR count). The Morgan fingerprint density at radius 1 is 1.17 bits per heavy atom. The van der Waals surface area contributed by atoms with Crippen LogP contribution >= 0.6 is 11.3 Å². The van der Waals surface area contributed by atoms with Crippen molar-refractivity contribution in [3.05, 3.63) is 59.5 Å². The minimum Gasteiger partial charge on any atom is -0.409 e. The Bertz CT molecular complexity index is 1020. The van der Waals surface area contributed by atoms with Crippen LogP contribution < -0.4 is 4.74 Å². The summed E-state index contributed by atoms with van der Waals surface area (Å²) in [5, 5.41) is 8.17. The Kier molecular flexibility index (Phi) is 3.59. The van der Waals surface area contributed by atoms with Crippen molar-refractivity contribution in [2.45, 2.75) is 6.92 Å². The minimum absolute atomic E-state index is 0.280. The quantitative estimate of drug-likeness (QED) is 0.529. The van der Waals surface area contributed by atoms with Crippen LogP contribution in [-0.2, 0) is 4.79 Å². The van der Waals surface area contributed by atoms with Crippen LogP contribution in [-0.4, -0.2) is 21.2 Å².